The zero-order valence-electron chi connectivity index (χ0n) is 14.1. The summed E-state index contributed by atoms with van der Waals surface area (Å²) in [6.45, 7) is 0. The van der Waals surface area contributed by atoms with Crippen molar-refractivity contribution >= 4 is 39.1 Å². The molecule has 0 atom stereocenters. The van der Waals surface area contributed by atoms with Gasteiger partial charge in [0.05, 0.1) is 21.8 Å². The lowest BCUT2D eigenvalue weighted by Gasteiger charge is -2.12. The predicted molar refractivity (Wildman–Crippen MR) is 102 cm³/mol. The number of halogens is 2. The van der Waals surface area contributed by atoms with E-state index in [0.29, 0.717) is 22.2 Å². The Labute approximate surface area is 163 Å². The van der Waals surface area contributed by atoms with Gasteiger partial charge in [0.2, 0.25) is 0 Å². The summed E-state index contributed by atoms with van der Waals surface area (Å²) in [6.07, 6.45) is 0. The van der Waals surface area contributed by atoms with Crippen molar-refractivity contribution in [1.29, 1.82) is 0 Å². The Hall–Kier alpha value is -2.91. The van der Waals surface area contributed by atoms with Gasteiger partial charge in [-0.3, -0.25) is 9.52 Å². The summed E-state index contributed by atoms with van der Waals surface area (Å²) in [5.41, 5.74) is 0.440. The van der Waals surface area contributed by atoms with Crippen molar-refractivity contribution in [3.8, 4) is 0 Å². The van der Waals surface area contributed by atoms with Gasteiger partial charge in [-0.25, -0.2) is 17.2 Å². The largest absolute Gasteiger partial charge is 0.321 e. The fourth-order valence-corrected chi connectivity index (χ4v) is 4.79. The third-order valence-corrected chi connectivity index (χ3v) is 6.55. The van der Waals surface area contributed by atoms with Gasteiger partial charge in [0.25, 0.3) is 15.9 Å². The molecule has 0 aromatic heterocycles. The Morgan fingerprint density at radius 1 is 0.929 bits per heavy atom. The lowest BCUT2D eigenvalue weighted by Crippen LogP contribution is -2.15. The van der Waals surface area contributed by atoms with Crippen LogP contribution in [-0.4, -0.2) is 14.3 Å². The van der Waals surface area contributed by atoms with Crippen LogP contribution in [0.3, 0.4) is 0 Å². The van der Waals surface area contributed by atoms with Crippen LogP contribution in [0.4, 0.5) is 20.2 Å². The number of hydrogen-bond acceptors (Lipinski definition) is 4. The summed E-state index contributed by atoms with van der Waals surface area (Å²) < 4.78 is 54.1. The normalized spacial score (nSPS) is 13.1. The minimum Gasteiger partial charge on any atom is -0.321 e. The second-order valence-electron chi connectivity index (χ2n) is 5.94. The molecule has 1 amide bonds. The van der Waals surface area contributed by atoms with E-state index in [4.69, 9.17) is 0 Å². The third-order valence-electron chi connectivity index (χ3n) is 4.04. The SMILES string of the molecule is O=C1Nc2cc(S(=O)(=O)Nc3ccc(F)cc3F)ccc2Sc2ccccc21. The quantitative estimate of drug-likeness (QED) is 0.658. The minimum atomic E-state index is -4.15. The molecule has 1 aliphatic heterocycles. The van der Waals surface area contributed by atoms with Gasteiger partial charge in [0.1, 0.15) is 11.6 Å². The van der Waals surface area contributed by atoms with Crippen LogP contribution in [0.15, 0.2) is 75.4 Å². The highest BCUT2D eigenvalue weighted by atomic mass is 32.2. The topological polar surface area (TPSA) is 75.3 Å². The Balaban J connectivity index is 1.69. The maximum atomic E-state index is 13.8. The summed E-state index contributed by atoms with van der Waals surface area (Å²) in [6, 6.07) is 13.8. The first kappa shape index (κ1) is 18.5. The van der Waals surface area contributed by atoms with Crippen LogP contribution in [0.25, 0.3) is 0 Å². The van der Waals surface area contributed by atoms with Gasteiger partial charge in [-0.2, -0.15) is 0 Å². The number of fused-ring (bicyclic) bond motifs is 2. The average molecular weight is 418 g/mol. The Morgan fingerprint density at radius 3 is 2.50 bits per heavy atom. The van der Waals surface area contributed by atoms with E-state index < -0.39 is 21.7 Å². The number of anilines is 2. The first-order valence-electron chi connectivity index (χ1n) is 8.04. The van der Waals surface area contributed by atoms with E-state index in [1.165, 1.54) is 23.9 Å². The molecule has 0 saturated heterocycles. The van der Waals surface area contributed by atoms with Crippen LogP contribution in [0, 0.1) is 11.6 Å². The summed E-state index contributed by atoms with van der Waals surface area (Å²) in [5, 5.41) is 2.70. The fraction of sp³-hybridized carbons (Fsp3) is 0. The molecule has 0 fully saturated rings. The zero-order chi connectivity index (χ0) is 19.9. The first-order valence-corrected chi connectivity index (χ1v) is 10.3. The van der Waals surface area contributed by atoms with Gasteiger partial charge in [-0.15, -0.1) is 0 Å². The molecule has 28 heavy (non-hydrogen) atoms. The third kappa shape index (κ3) is 3.46. The molecule has 0 bridgehead atoms. The molecule has 0 aliphatic carbocycles. The molecule has 0 unspecified atom stereocenters. The summed E-state index contributed by atoms with van der Waals surface area (Å²) in [4.78, 5) is 13.7. The molecule has 9 heteroatoms. The van der Waals surface area contributed by atoms with Gasteiger partial charge < -0.3 is 5.32 Å². The molecule has 5 nitrogen and oxygen atoms in total. The van der Waals surface area contributed by atoms with Crippen molar-refractivity contribution in [3.05, 3.63) is 77.9 Å². The van der Waals surface area contributed by atoms with Crippen molar-refractivity contribution in [1.82, 2.24) is 0 Å². The number of rotatable bonds is 3. The Kier molecular flexibility index (Phi) is 4.56. The van der Waals surface area contributed by atoms with Gasteiger partial charge in [0, 0.05) is 15.9 Å². The van der Waals surface area contributed by atoms with E-state index in [1.807, 2.05) is 6.07 Å². The Morgan fingerprint density at radius 2 is 1.71 bits per heavy atom. The maximum absolute atomic E-state index is 13.8. The van der Waals surface area contributed by atoms with E-state index >= 15 is 0 Å². The molecular weight excluding hydrogens is 406 g/mol. The number of carbonyl (C=O) groups excluding carboxylic acids is 1. The molecule has 142 valence electrons. The van der Waals surface area contributed by atoms with Crippen molar-refractivity contribution in [2.24, 2.45) is 0 Å². The molecule has 0 saturated carbocycles. The van der Waals surface area contributed by atoms with E-state index in [2.05, 4.69) is 10.0 Å². The van der Waals surface area contributed by atoms with Gasteiger partial charge >= 0.3 is 0 Å². The second kappa shape index (κ2) is 6.92. The highest BCUT2D eigenvalue weighted by Gasteiger charge is 2.23. The lowest BCUT2D eigenvalue weighted by molar-refractivity contribution is 0.102. The molecule has 0 spiro atoms. The average Bonchev–Trinajstić information content (AvgIpc) is 2.79. The highest BCUT2D eigenvalue weighted by molar-refractivity contribution is 7.99. The molecule has 0 radical (unpaired) electrons. The van der Waals surface area contributed by atoms with Crippen LogP contribution >= 0.6 is 11.8 Å². The number of nitrogens with one attached hydrogen (secondary N) is 2. The van der Waals surface area contributed by atoms with E-state index in [9.17, 15) is 22.0 Å². The van der Waals surface area contributed by atoms with Gasteiger partial charge in [0.15, 0.2) is 0 Å². The van der Waals surface area contributed by atoms with Crippen LogP contribution in [0.1, 0.15) is 10.4 Å². The lowest BCUT2D eigenvalue weighted by atomic mass is 10.2. The Bertz CT molecular complexity index is 1210. The van der Waals surface area contributed by atoms with Crippen molar-refractivity contribution in [2.75, 3.05) is 10.0 Å². The van der Waals surface area contributed by atoms with Crippen LogP contribution in [0.2, 0.25) is 0 Å². The summed E-state index contributed by atoms with van der Waals surface area (Å²) in [7, 11) is -4.15. The number of hydrogen-bond donors (Lipinski definition) is 2. The second-order valence-corrected chi connectivity index (χ2v) is 8.71. The predicted octanol–water partition coefficient (Wildman–Crippen LogP) is 4.48. The van der Waals surface area contributed by atoms with Gasteiger partial charge in [-0.1, -0.05) is 23.9 Å². The van der Waals surface area contributed by atoms with E-state index in [-0.39, 0.29) is 16.5 Å². The van der Waals surface area contributed by atoms with E-state index in [1.54, 1.807) is 24.3 Å². The number of carbonyl (C=O) groups is 1. The minimum absolute atomic E-state index is 0.165. The molecule has 1 heterocycles. The number of sulfonamides is 1. The molecular formula is C19H12F2N2O3S2. The van der Waals surface area contributed by atoms with Crippen molar-refractivity contribution < 1.29 is 22.0 Å². The molecule has 1 aliphatic rings. The highest BCUT2D eigenvalue weighted by Crippen LogP contribution is 2.39. The fourth-order valence-electron chi connectivity index (χ4n) is 2.69. The van der Waals surface area contributed by atoms with E-state index in [0.717, 1.165) is 17.0 Å². The van der Waals surface area contributed by atoms with Crippen LogP contribution in [0.5, 0.6) is 0 Å². The zero-order valence-corrected chi connectivity index (χ0v) is 15.7. The first-order chi connectivity index (χ1) is 13.3. The molecule has 4 rings (SSSR count). The number of benzene rings is 3. The number of amides is 1. The van der Waals surface area contributed by atoms with Crippen LogP contribution < -0.4 is 10.0 Å². The van der Waals surface area contributed by atoms with Crippen molar-refractivity contribution in [2.45, 2.75) is 14.7 Å². The van der Waals surface area contributed by atoms with Crippen LogP contribution in [-0.2, 0) is 10.0 Å². The summed E-state index contributed by atoms with van der Waals surface area (Å²) in [5.74, 6) is -2.20. The molecule has 3 aromatic rings. The molecule has 2 N–H and O–H groups in total. The monoisotopic (exact) mass is 418 g/mol. The van der Waals surface area contributed by atoms with Crippen molar-refractivity contribution in [3.63, 3.8) is 0 Å². The van der Waals surface area contributed by atoms with Gasteiger partial charge in [-0.05, 0) is 42.5 Å². The smallest absolute Gasteiger partial charge is 0.262 e. The standard InChI is InChI=1S/C19H12F2N2O3S2/c20-11-5-7-15(14(21)9-11)23-28(25,26)12-6-8-18-16(10-12)22-19(24)13-3-1-2-4-17(13)27-18/h1-10,23H,(H,22,24). The summed E-state index contributed by atoms with van der Waals surface area (Å²) >= 11 is 1.33. The molecule has 3 aromatic carbocycles. The maximum Gasteiger partial charge on any atom is 0.262 e.